The number of furan rings is 1. The van der Waals surface area contributed by atoms with E-state index in [-0.39, 0.29) is 5.76 Å². The quantitative estimate of drug-likeness (QED) is 0.159. The van der Waals surface area contributed by atoms with Crippen LogP contribution in [0.3, 0.4) is 0 Å². The van der Waals surface area contributed by atoms with Gasteiger partial charge in [-0.1, -0.05) is 44.0 Å². The van der Waals surface area contributed by atoms with Crippen LogP contribution < -0.4 is 14.9 Å². The van der Waals surface area contributed by atoms with Gasteiger partial charge in [-0.05, 0) is 82.5 Å². The summed E-state index contributed by atoms with van der Waals surface area (Å²) in [6.45, 7) is 2.81. The molecule has 0 aliphatic heterocycles. The molecule has 0 bridgehead atoms. The molecule has 9 heteroatoms. The monoisotopic (exact) mass is 648 g/mol. The topological polar surface area (TPSA) is 73.1 Å². The molecule has 34 heavy (non-hydrogen) atoms. The number of benzene rings is 3. The van der Waals surface area contributed by atoms with Crippen LogP contribution in [0.15, 0.2) is 83.6 Å². The van der Waals surface area contributed by atoms with E-state index in [1.165, 1.54) is 6.21 Å². The van der Waals surface area contributed by atoms with E-state index in [9.17, 15) is 4.79 Å². The molecule has 4 aromatic rings. The first-order valence-electron chi connectivity index (χ1n) is 10.3. The van der Waals surface area contributed by atoms with E-state index in [4.69, 9.17) is 13.9 Å². The van der Waals surface area contributed by atoms with E-state index in [2.05, 4.69) is 58.3 Å². The number of carbonyl (C=O) groups is 1. The van der Waals surface area contributed by atoms with Crippen LogP contribution in [0, 0.1) is 0 Å². The van der Waals surface area contributed by atoms with Crippen LogP contribution in [0.1, 0.15) is 28.6 Å². The van der Waals surface area contributed by atoms with Gasteiger partial charge in [0, 0.05) is 14.3 Å². The molecule has 174 valence electrons. The average molecular weight is 651 g/mol. The van der Waals surface area contributed by atoms with Gasteiger partial charge in [-0.25, -0.2) is 5.43 Å². The van der Waals surface area contributed by atoms with Gasteiger partial charge in [0.05, 0.1) is 17.3 Å². The third kappa shape index (κ3) is 6.08. The number of hydrogen-bond donors (Lipinski definition) is 1. The van der Waals surface area contributed by atoms with Crippen LogP contribution in [-0.4, -0.2) is 18.7 Å². The Morgan fingerprint density at radius 2 is 1.76 bits per heavy atom. The lowest BCUT2D eigenvalue weighted by Gasteiger charge is -2.12. The molecule has 0 fully saturated rings. The molecule has 0 aliphatic rings. The normalized spacial score (nSPS) is 11.2. The Kier molecular flexibility index (Phi) is 8.07. The van der Waals surface area contributed by atoms with Crippen molar-refractivity contribution >= 4 is 70.9 Å². The Bertz CT molecular complexity index is 1350. The molecule has 1 N–H and O–H groups in total. The molecule has 4 rings (SSSR count). The second kappa shape index (κ2) is 11.2. The maximum atomic E-state index is 12.5. The Morgan fingerprint density at radius 1 is 0.971 bits per heavy atom. The van der Waals surface area contributed by atoms with Crippen molar-refractivity contribution in [3.63, 3.8) is 0 Å². The third-order valence-corrected chi connectivity index (χ3v) is 6.29. The van der Waals surface area contributed by atoms with Crippen molar-refractivity contribution in [2.75, 3.05) is 6.61 Å². The molecule has 1 heterocycles. The number of nitrogens with one attached hydrogen (secondary N) is 1. The highest BCUT2D eigenvalue weighted by molar-refractivity contribution is 9.11. The molecule has 1 aromatic heterocycles. The minimum absolute atomic E-state index is 0.164. The highest BCUT2D eigenvalue weighted by atomic mass is 79.9. The molecule has 6 nitrogen and oxygen atoms in total. The zero-order valence-corrected chi connectivity index (χ0v) is 22.7. The first-order chi connectivity index (χ1) is 16.4. The van der Waals surface area contributed by atoms with Crippen LogP contribution in [-0.2, 0) is 6.61 Å². The van der Waals surface area contributed by atoms with Crippen molar-refractivity contribution in [1.82, 2.24) is 5.43 Å². The van der Waals surface area contributed by atoms with Crippen molar-refractivity contribution in [3.05, 3.63) is 91.0 Å². The fourth-order valence-electron chi connectivity index (χ4n) is 3.14. The predicted octanol–water partition coefficient (Wildman–Crippen LogP) is 7.46. The molecule has 0 spiro atoms. The number of amides is 1. The summed E-state index contributed by atoms with van der Waals surface area (Å²) >= 11 is 10.3. The molecule has 1 amide bonds. The molecule has 0 saturated carbocycles. The highest BCUT2D eigenvalue weighted by Gasteiger charge is 2.14. The van der Waals surface area contributed by atoms with Crippen molar-refractivity contribution in [2.24, 2.45) is 5.10 Å². The van der Waals surface area contributed by atoms with Gasteiger partial charge >= 0.3 is 5.91 Å². The second-order valence-corrected chi connectivity index (χ2v) is 9.86. The molecule has 3 aromatic carbocycles. The molecule has 0 atom stereocenters. The number of hydrogen-bond acceptors (Lipinski definition) is 5. The number of halogens is 3. The summed E-state index contributed by atoms with van der Waals surface area (Å²) in [4.78, 5) is 12.5. The fourth-order valence-corrected chi connectivity index (χ4v) is 4.75. The highest BCUT2D eigenvalue weighted by Crippen LogP contribution is 2.31. The Labute approximate surface area is 221 Å². The number of ether oxygens (including phenoxy) is 2. The van der Waals surface area contributed by atoms with Gasteiger partial charge in [0.25, 0.3) is 0 Å². The first-order valence-corrected chi connectivity index (χ1v) is 12.7. The van der Waals surface area contributed by atoms with Crippen LogP contribution >= 0.6 is 47.8 Å². The van der Waals surface area contributed by atoms with Crippen LogP contribution in [0.5, 0.6) is 11.5 Å². The van der Waals surface area contributed by atoms with Gasteiger partial charge in [-0.2, -0.15) is 5.10 Å². The minimum atomic E-state index is -0.449. The van der Waals surface area contributed by atoms with E-state index in [1.54, 1.807) is 6.07 Å². The van der Waals surface area contributed by atoms with Gasteiger partial charge in [-0.3, -0.25) is 4.79 Å². The summed E-state index contributed by atoms with van der Waals surface area (Å²) in [5.41, 5.74) is 4.88. The fraction of sp³-hybridized carbons (Fsp3) is 0.120. The van der Waals surface area contributed by atoms with E-state index in [0.717, 1.165) is 29.9 Å². The van der Waals surface area contributed by atoms with Gasteiger partial charge < -0.3 is 13.9 Å². The van der Waals surface area contributed by atoms with Gasteiger partial charge in [-0.15, -0.1) is 0 Å². The summed E-state index contributed by atoms with van der Waals surface area (Å²) in [6.07, 6.45) is 1.54. The van der Waals surface area contributed by atoms with Gasteiger partial charge in [0.1, 0.15) is 12.2 Å². The number of rotatable bonds is 8. The maximum absolute atomic E-state index is 12.5. The number of carbonyl (C=O) groups excluding carboxylic acids is 1. The smallest absolute Gasteiger partial charge is 0.307 e. The van der Waals surface area contributed by atoms with Crippen LogP contribution in [0.4, 0.5) is 0 Å². The van der Waals surface area contributed by atoms with Crippen molar-refractivity contribution in [1.29, 1.82) is 0 Å². The van der Waals surface area contributed by atoms with E-state index >= 15 is 0 Å². The summed E-state index contributed by atoms with van der Waals surface area (Å²) in [7, 11) is 0. The Morgan fingerprint density at radius 3 is 2.53 bits per heavy atom. The SMILES string of the molecule is CCOc1cc(/C=N\NC(=O)c2cc3cc(Br)cc(Br)c3o2)ccc1OCc1ccc(Br)cc1. The molecule has 0 radical (unpaired) electrons. The van der Waals surface area contributed by atoms with Crippen LogP contribution in [0.2, 0.25) is 0 Å². The largest absolute Gasteiger partial charge is 0.490 e. The first kappa shape index (κ1) is 24.5. The van der Waals surface area contributed by atoms with Crippen molar-refractivity contribution < 1.29 is 18.7 Å². The van der Waals surface area contributed by atoms with Crippen molar-refractivity contribution in [3.8, 4) is 11.5 Å². The molecule has 0 saturated heterocycles. The van der Waals surface area contributed by atoms with Gasteiger partial charge in [0.2, 0.25) is 0 Å². The summed E-state index contributed by atoms with van der Waals surface area (Å²) in [6, 6.07) is 18.8. The number of nitrogens with zero attached hydrogens (tertiary/aromatic N) is 1. The summed E-state index contributed by atoms with van der Waals surface area (Å²) in [5, 5.41) is 4.86. The van der Waals surface area contributed by atoms with E-state index in [0.29, 0.717) is 30.3 Å². The number of hydrazone groups is 1. The third-order valence-electron chi connectivity index (χ3n) is 4.71. The number of fused-ring (bicyclic) bond motifs is 1. The van der Waals surface area contributed by atoms with Crippen molar-refractivity contribution in [2.45, 2.75) is 13.5 Å². The second-order valence-electron chi connectivity index (χ2n) is 7.17. The molecule has 0 unspecified atom stereocenters. The molecule has 0 aliphatic carbocycles. The summed E-state index contributed by atoms with van der Waals surface area (Å²) < 4.78 is 20.0. The van der Waals surface area contributed by atoms with E-state index in [1.807, 2.05) is 61.5 Å². The maximum Gasteiger partial charge on any atom is 0.307 e. The Hall–Kier alpha value is -2.62. The molecular weight excluding hydrogens is 632 g/mol. The van der Waals surface area contributed by atoms with Crippen LogP contribution in [0.25, 0.3) is 11.0 Å². The average Bonchev–Trinajstić information content (AvgIpc) is 3.24. The zero-order chi connectivity index (χ0) is 24.1. The minimum Gasteiger partial charge on any atom is -0.490 e. The van der Waals surface area contributed by atoms with E-state index < -0.39 is 5.91 Å². The predicted molar refractivity (Wildman–Crippen MR) is 143 cm³/mol. The lowest BCUT2D eigenvalue weighted by atomic mass is 10.2. The lowest BCUT2D eigenvalue weighted by Crippen LogP contribution is -2.16. The van der Waals surface area contributed by atoms with Gasteiger partial charge in [0.15, 0.2) is 17.3 Å². The Balaban J connectivity index is 1.43. The standard InChI is InChI=1S/C25H19Br3N2O4/c1-2-32-22-9-16(5-8-21(22)33-14-15-3-6-18(26)7-4-15)13-29-30-25(31)23-11-17-10-19(27)12-20(28)24(17)34-23/h3-13H,2,14H2,1H3,(H,30,31)/b29-13-. The summed E-state index contributed by atoms with van der Waals surface area (Å²) in [5.74, 6) is 0.945. The lowest BCUT2D eigenvalue weighted by molar-refractivity contribution is 0.0929. The molecular formula is C25H19Br3N2O4. The zero-order valence-electron chi connectivity index (χ0n) is 18.0.